The number of rotatable bonds is 5. The molecule has 0 bridgehead atoms. The quantitative estimate of drug-likeness (QED) is 0.360. The smallest absolute Gasteiger partial charge is 0.283 e. The highest BCUT2D eigenvalue weighted by molar-refractivity contribution is 7.98. The number of thioether (sulfide) groups is 1. The molecule has 6 heteroatoms. The maximum absolute atomic E-state index is 13.6. The van der Waals surface area contributed by atoms with Gasteiger partial charge in [0.2, 0.25) is 0 Å². The maximum atomic E-state index is 13.6. The molecule has 0 aliphatic carbocycles. The largest absolute Gasteiger partial charge is 0.497 e. The van der Waals surface area contributed by atoms with Crippen LogP contribution in [0.4, 0.5) is 0 Å². The number of benzene rings is 2. The Morgan fingerprint density at radius 1 is 1.07 bits per heavy atom. The van der Waals surface area contributed by atoms with Crippen LogP contribution in [0.3, 0.4) is 0 Å². The highest BCUT2D eigenvalue weighted by Gasteiger charge is 2.18. The Morgan fingerprint density at radius 2 is 1.83 bits per heavy atom. The second-order valence-electron chi connectivity index (χ2n) is 7.03. The van der Waals surface area contributed by atoms with E-state index in [4.69, 9.17) is 9.72 Å². The van der Waals surface area contributed by atoms with Crippen LogP contribution in [0.15, 0.2) is 64.5 Å². The summed E-state index contributed by atoms with van der Waals surface area (Å²) in [5.41, 5.74) is 5.33. The van der Waals surface area contributed by atoms with Gasteiger partial charge in [0, 0.05) is 12.2 Å². The van der Waals surface area contributed by atoms with E-state index < -0.39 is 0 Å². The van der Waals surface area contributed by atoms with Crippen LogP contribution in [-0.2, 0) is 6.54 Å². The molecule has 0 aliphatic heterocycles. The lowest BCUT2D eigenvalue weighted by Gasteiger charge is -2.13. The lowest BCUT2D eigenvalue weighted by molar-refractivity contribution is 0.414. The Hall–Kier alpha value is -2.99. The number of nitrogens with zero attached hydrogens (tertiary/aromatic N) is 3. The fourth-order valence-corrected chi connectivity index (χ4v) is 4.09. The highest BCUT2D eigenvalue weighted by atomic mass is 32.2. The number of hydrogen-bond acceptors (Lipinski definition) is 4. The van der Waals surface area contributed by atoms with Gasteiger partial charge in [-0.3, -0.25) is 9.36 Å². The third kappa shape index (κ3) is 3.56. The molecule has 0 amide bonds. The molecule has 29 heavy (non-hydrogen) atoms. The molecule has 2 aromatic carbocycles. The van der Waals surface area contributed by atoms with Gasteiger partial charge in [0.1, 0.15) is 11.3 Å². The van der Waals surface area contributed by atoms with Gasteiger partial charge >= 0.3 is 0 Å². The van der Waals surface area contributed by atoms with Gasteiger partial charge in [-0.15, -0.1) is 0 Å². The minimum Gasteiger partial charge on any atom is -0.497 e. The number of aromatic nitrogens is 3. The van der Waals surface area contributed by atoms with Gasteiger partial charge in [-0.25, -0.2) is 4.98 Å². The first-order valence-corrected chi connectivity index (χ1v) is 10.6. The van der Waals surface area contributed by atoms with Gasteiger partial charge < -0.3 is 9.30 Å². The summed E-state index contributed by atoms with van der Waals surface area (Å²) in [7, 11) is 1.66. The number of methoxy groups -OCH3 is 1. The standard InChI is InChI=1S/C23H23N3O2S/c1-15-8-10-18(11-9-15)26-22(27)21-20(24-23(26)29-4)12-16(2)25(21)14-17-6-5-7-19(13-17)28-3/h5-13H,14H2,1-4H3. The summed E-state index contributed by atoms with van der Waals surface area (Å²) >= 11 is 1.47. The van der Waals surface area contributed by atoms with Crippen LogP contribution in [-0.4, -0.2) is 27.5 Å². The van der Waals surface area contributed by atoms with Crippen LogP contribution in [0.5, 0.6) is 5.75 Å². The van der Waals surface area contributed by atoms with E-state index in [9.17, 15) is 4.79 Å². The Labute approximate surface area is 174 Å². The monoisotopic (exact) mass is 405 g/mol. The summed E-state index contributed by atoms with van der Waals surface area (Å²) in [4.78, 5) is 18.4. The molecule has 4 rings (SSSR count). The van der Waals surface area contributed by atoms with Crippen molar-refractivity contribution in [3.05, 3.63) is 81.8 Å². The van der Waals surface area contributed by atoms with Crippen molar-refractivity contribution < 1.29 is 4.74 Å². The molecule has 148 valence electrons. The first-order chi connectivity index (χ1) is 14.0. The molecule has 4 aromatic rings. The molecular weight excluding hydrogens is 382 g/mol. The molecule has 0 unspecified atom stereocenters. The van der Waals surface area contributed by atoms with Crippen LogP contribution < -0.4 is 10.3 Å². The van der Waals surface area contributed by atoms with E-state index in [0.717, 1.165) is 33.8 Å². The predicted octanol–water partition coefficient (Wildman–Crippen LogP) is 4.58. The zero-order valence-electron chi connectivity index (χ0n) is 17.0. The predicted molar refractivity (Wildman–Crippen MR) is 119 cm³/mol. The number of aryl methyl sites for hydroxylation is 2. The Balaban J connectivity index is 1.92. The third-order valence-electron chi connectivity index (χ3n) is 5.05. The van der Waals surface area contributed by atoms with Crippen LogP contribution in [0, 0.1) is 13.8 Å². The van der Waals surface area contributed by atoms with E-state index in [1.54, 1.807) is 11.7 Å². The fourth-order valence-electron chi connectivity index (χ4n) is 3.53. The lowest BCUT2D eigenvalue weighted by Crippen LogP contribution is -2.23. The van der Waals surface area contributed by atoms with Crippen molar-refractivity contribution in [2.45, 2.75) is 25.5 Å². The van der Waals surface area contributed by atoms with E-state index in [1.165, 1.54) is 11.8 Å². The van der Waals surface area contributed by atoms with Gasteiger partial charge in [0.15, 0.2) is 5.16 Å². The molecule has 5 nitrogen and oxygen atoms in total. The fraction of sp³-hybridized carbons (Fsp3) is 0.217. The van der Waals surface area contributed by atoms with Crippen molar-refractivity contribution in [2.24, 2.45) is 0 Å². The minimum atomic E-state index is -0.0563. The van der Waals surface area contributed by atoms with Crippen molar-refractivity contribution in [1.29, 1.82) is 0 Å². The second kappa shape index (κ2) is 7.79. The van der Waals surface area contributed by atoms with E-state index in [2.05, 4.69) is 0 Å². The van der Waals surface area contributed by atoms with E-state index in [1.807, 2.05) is 79.3 Å². The Kier molecular flexibility index (Phi) is 5.20. The summed E-state index contributed by atoms with van der Waals surface area (Å²) in [5.74, 6) is 0.802. The Morgan fingerprint density at radius 3 is 2.52 bits per heavy atom. The molecule has 0 spiro atoms. The molecule has 0 saturated heterocycles. The van der Waals surface area contributed by atoms with Crippen LogP contribution in [0.2, 0.25) is 0 Å². The number of hydrogen-bond donors (Lipinski definition) is 0. The zero-order chi connectivity index (χ0) is 20.5. The SMILES string of the molecule is COc1cccc(Cn2c(C)cc3nc(SC)n(-c4ccc(C)cc4)c(=O)c32)c1. The molecule has 2 heterocycles. The van der Waals surface area contributed by atoms with E-state index in [0.29, 0.717) is 17.2 Å². The van der Waals surface area contributed by atoms with E-state index in [-0.39, 0.29) is 5.56 Å². The van der Waals surface area contributed by atoms with Crippen molar-refractivity contribution in [1.82, 2.24) is 14.1 Å². The van der Waals surface area contributed by atoms with Crippen molar-refractivity contribution in [3.8, 4) is 11.4 Å². The van der Waals surface area contributed by atoms with Crippen molar-refractivity contribution in [3.63, 3.8) is 0 Å². The summed E-state index contributed by atoms with van der Waals surface area (Å²) in [6.45, 7) is 4.62. The first kappa shape index (κ1) is 19.3. The van der Waals surface area contributed by atoms with Crippen molar-refractivity contribution in [2.75, 3.05) is 13.4 Å². The second-order valence-corrected chi connectivity index (χ2v) is 7.81. The topological polar surface area (TPSA) is 49.0 Å². The van der Waals surface area contributed by atoms with Gasteiger partial charge in [0.25, 0.3) is 5.56 Å². The first-order valence-electron chi connectivity index (χ1n) is 9.38. The molecule has 0 aliphatic rings. The lowest BCUT2D eigenvalue weighted by atomic mass is 10.2. The average Bonchev–Trinajstić information content (AvgIpc) is 3.04. The van der Waals surface area contributed by atoms with Crippen LogP contribution in [0.1, 0.15) is 16.8 Å². The number of ether oxygens (including phenoxy) is 1. The van der Waals surface area contributed by atoms with Gasteiger partial charge in [-0.05, 0) is 56.0 Å². The van der Waals surface area contributed by atoms with Gasteiger partial charge in [0.05, 0.1) is 18.3 Å². The summed E-state index contributed by atoms with van der Waals surface area (Å²) in [6, 6.07) is 17.8. The molecule has 0 radical (unpaired) electrons. The normalized spacial score (nSPS) is 11.2. The summed E-state index contributed by atoms with van der Waals surface area (Å²) in [6.07, 6.45) is 1.94. The van der Waals surface area contributed by atoms with E-state index >= 15 is 0 Å². The number of fused-ring (bicyclic) bond motifs is 1. The molecule has 0 saturated carbocycles. The summed E-state index contributed by atoms with van der Waals surface area (Å²) in [5, 5.41) is 0.685. The molecule has 0 fully saturated rings. The van der Waals surface area contributed by atoms with Gasteiger partial charge in [-0.1, -0.05) is 41.6 Å². The molecule has 0 N–H and O–H groups in total. The third-order valence-corrected chi connectivity index (χ3v) is 5.69. The Bertz CT molecular complexity index is 1240. The minimum absolute atomic E-state index is 0.0563. The van der Waals surface area contributed by atoms with Crippen LogP contribution in [0.25, 0.3) is 16.7 Å². The zero-order valence-corrected chi connectivity index (χ0v) is 17.8. The average molecular weight is 406 g/mol. The maximum Gasteiger partial charge on any atom is 0.283 e. The van der Waals surface area contributed by atoms with Crippen LogP contribution >= 0.6 is 11.8 Å². The van der Waals surface area contributed by atoms with Gasteiger partial charge in [-0.2, -0.15) is 0 Å². The van der Waals surface area contributed by atoms with Crippen molar-refractivity contribution >= 4 is 22.8 Å². The molecular formula is C23H23N3O2S. The molecule has 2 aromatic heterocycles. The molecule has 0 atom stereocenters. The summed E-state index contributed by atoms with van der Waals surface area (Å²) < 4.78 is 9.08. The highest BCUT2D eigenvalue weighted by Crippen LogP contribution is 2.23.